The standard InChI is InChI=1S/C20H27FN2O6S/c1-20(2,19(26)29-3)8-4-5-12-6-7-13-10-15(24)18(17(21)14(13)9-12)23-11-16(25)22-30(23,27)28/h6-7,9-10,16,22,24-25,27-28H,4-5,8,11H2,1-3H3. The number of aliphatic hydroxyl groups excluding tert-OH is 1. The van der Waals surface area contributed by atoms with Crippen molar-refractivity contribution in [2.45, 2.75) is 39.3 Å². The first-order valence-electron chi connectivity index (χ1n) is 9.50. The van der Waals surface area contributed by atoms with Gasteiger partial charge in [-0.25, -0.2) is 8.70 Å². The molecule has 1 atom stereocenters. The Morgan fingerprint density at radius 1 is 1.37 bits per heavy atom. The number of hydrogen-bond donors (Lipinski definition) is 5. The zero-order chi connectivity index (χ0) is 22.3. The lowest BCUT2D eigenvalue weighted by Gasteiger charge is -2.37. The molecule has 30 heavy (non-hydrogen) atoms. The van der Waals surface area contributed by atoms with Gasteiger partial charge in [-0.2, -0.15) is 4.72 Å². The number of aliphatic hydroxyl groups is 1. The second-order valence-electron chi connectivity index (χ2n) is 8.06. The van der Waals surface area contributed by atoms with Gasteiger partial charge in [-0.15, -0.1) is 0 Å². The van der Waals surface area contributed by atoms with Gasteiger partial charge in [0.25, 0.3) is 0 Å². The van der Waals surface area contributed by atoms with Crippen LogP contribution in [0.15, 0.2) is 24.3 Å². The first kappa shape index (κ1) is 22.6. The first-order valence-corrected chi connectivity index (χ1v) is 11.0. The van der Waals surface area contributed by atoms with E-state index in [4.69, 9.17) is 4.74 Å². The second kappa shape index (κ2) is 8.20. The van der Waals surface area contributed by atoms with Gasteiger partial charge in [-0.05, 0) is 56.2 Å². The van der Waals surface area contributed by atoms with Gasteiger partial charge in [-0.3, -0.25) is 13.9 Å². The van der Waals surface area contributed by atoms with E-state index in [1.165, 1.54) is 13.2 Å². The van der Waals surface area contributed by atoms with E-state index in [2.05, 4.69) is 4.72 Å². The molecule has 0 spiro atoms. The molecular formula is C20H27FN2O6S. The normalized spacial score (nSPS) is 19.8. The van der Waals surface area contributed by atoms with E-state index in [0.717, 1.165) is 9.87 Å². The maximum absolute atomic E-state index is 15.3. The SMILES string of the molecule is COC(=O)C(C)(C)CCCc1ccc2cc(O)c(N3CC(O)NS3(O)O)c(F)c2c1. The van der Waals surface area contributed by atoms with Crippen molar-refractivity contribution < 1.29 is 33.2 Å². The third-order valence-electron chi connectivity index (χ3n) is 5.29. The number of aromatic hydroxyl groups is 1. The van der Waals surface area contributed by atoms with Crippen LogP contribution in [0.1, 0.15) is 32.3 Å². The highest BCUT2D eigenvalue weighted by Gasteiger charge is 2.38. The Hall–Kier alpha value is -2.11. The van der Waals surface area contributed by atoms with Gasteiger partial charge in [0.15, 0.2) is 5.82 Å². The summed E-state index contributed by atoms with van der Waals surface area (Å²) in [4.78, 5) is 11.8. The van der Waals surface area contributed by atoms with Crippen LogP contribution in [0.4, 0.5) is 10.1 Å². The zero-order valence-corrected chi connectivity index (χ0v) is 17.9. The lowest BCUT2D eigenvalue weighted by atomic mass is 9.86. The van der Waals surface area contributed by atoms with Gasteiger partial charge in [-0.1, -0.05) is 23.1 Å². The number of benzene rings is 2. The number of ether oxygens (including phenoxy) is 1. The third kappa shape index (κ3) is 4.33. The van der Waals surface area contributed by atoms with Gasteiger partial charge in [0, 0.05) is 5.39 Å². The molecule has 1 heterocycles. The van der Waals surface area contributed by atoms with E-state index >= 15 is 4.39 Å². The average molecular weight is 443 g/mol. The first-order chi connectivity index (χ1) is 14.0. The minimum Gasteiger partial charge on any atom is -0.506 e. The number of carbonyl (C=O) groups is 1. The molecule has 1 fully saturated rings. The van der Waals surface area contributed by atoms with Gasteiger partial charge in [0.05, 0.1) is 19.1 Å². The molecule has 1 unspecified atom stereocenters. The van der Waals surface area contributed by atoms with Gasteiger partial charge in [0.2, 0.25) is 0 Å². The fraction of sp³-hybridized carbons (Fsp3) is 0.450. The lowest BCUT2D eigenvalue weighted by Crippen LogP contribution is -2.26. The molecule has 0 bridgehead atoms. The number of phenolic OH excluding ortho intramolecular Hbond substituents is 1. The average Bonchev–Trinajstić information content (AvgIpc) is 2.93. The van der Waals surface area contributed by atoms with Gasteiger partial charge in [0.1, 0.15) is 17.7 Å². The summed E-state index contributed by atoms with van der Waals surface area (Å²) >= 11 is 0. The molecule has 8 nitrogen and oxygen atoms in total. The van der Waals surface area contributed by atoms with Crippen LogP contribution >= 0.6 is 11.0 Å². The summed E-state index contributed by atoms with van der Waals surface area (Å²) in [5, 5.41) is 20.6. The van der Waals surface area contributed by atoms with E-state index in [0.29, 0.717) is 24.6 Å². The molecule has 0 radical (unpaired) electrons. The number of hydrogen-bond acceptors (Lipinski definition) is 8. The van der Waals surface area contributed by atoms with Crippen LogP contribution in [-0.4, -0.2) is 45.2 Å². The van der Waals surface area contributed by atoms with Crippen molar-refractivity contribution in [2.75, 3.05) is 18.0 Å². The Labute approximate surface area is 175 Å². The number of nitrogens with zero attached hydrogens (tertiary/aromatic N) is 1. The predicted molar refractivity (Wildman–Crippen MR) is 114 cm³/mol. The van der Waals surface area contributed by atoms with Crippen LogP contribution in [0, 0.1) is 11.2 Å². The van der Waals surface area contributed by atoms with Crippen molar-refractivity contribution in [1.82, 2.24) is 4.72 Å². The molecule has 166 valence electrons. The van der Waals surface area contributed by atoms with E-state index in [9.17, 15) is 24.1 Å². The molecule has 10 heteroatoms. The molecule has 2 aromatic carbocycles. The van der Waals surface area contributed by atoms with Crippen LogP contribution in [0.3, 0.4) is 0 Å². The van der Waals surface area contributed by atoms with Crippen molar-refractivity contribution in [1.29, 1.82) is 0 Å². The number of esters is 1. The molecule has 0 amide bonds. The van der Waals surface area contributed by atoms with Crippen molar-refractivity contribution in [3.05, 3.63) is 35.6 Å². The largest absolute Gasteiger partial charge is 0.506 e. The Morgan fingerprint density at radius 3 is 2.67 bits per heavy atom. The van der Waals surface area contributed by atoms with Crippen molar-refractivity contribution in [2.24, 2.45) is 5.41 Å². The fourth-order valence-electron chi connectivity index (χ4n) is 3.64. The summed E-state index contributed by atoms with van der Waals surface area (Å²) in [7, 11) is -2.31. The molecule has 0 saturated carbocycles. The highest BCUT2D eigenvalue weighted by Crippen LogP contribution is 2.51. The Kier molecular flexibility index (Phi) is 6.17. The molecule has 1 saturated heterocycles. The number of methoxy groups -OCH3 is 1. The number of fused-ring (bicyclic) bond motifs is 1. The minimum atomic E-state index is -3.66. The number of anilines is 1. The summed E-state index contributed by atoms with van der Waals surface area (Å²) in [6.45, 7) is 3.33. The summed E-state index contributed by atoms with van der Waals surface area (Å²) in [6.07, 6.45) is 0.613. The Morgan fingerprint density at radius 2 is 2.07 bits per heavy atom. The molecular weight excluding hydrogens is 415 g/mol. The predicted octanol–water partition coefficient (Wildman–Crippen LogP) is 3.52. The molecule has 3 rings (SSSR count). The van der Waals surface area contributed by atoms with Crippen LogP contribution in [0.5, 0.6) is 5.75 Å². The third-order valence-corrected chi connectivity index (χ3v) is 6.83. The van der Waals surface area contributed by atoms with Crippen LogP contribution in [0.2, 0.25) is 0 Å². The zero-order valence-electron chi connectivity index (χ0n) is 17.1. The highest BCUT2D eigenvalue weighted by molar-refractivity contribution is 8.24. The molecule has 1 aliphatic rings. The molecule has 0 aromatic heterocycles. The van der Waals surface area contributed by atoms with Crippen LogP contribution < -0.4 is 9.03 Å². The summed E-state index contributed by atoms with van der Waals surface area (Å²) in [6, 6.07) is 6.49. The highest BCUT2D eigenvalue weighted by atomic mass is 32.3. The fourth-order valence-corrected chi connectivity index (χ4v) is 4.99. The topological polar surface area (TPSA) is 122 Å². The van der Waals surface area contributed by atoms with Crippen molar-refractivity contribution in [3.8, 4) is 5.75 Å². The van der Waals surface area contributed by atoms with Gasteiger partial charge < -0.3 is 14.9 Å². The number of phenols is 1. The number of halogens is 1. The number of β-amino-alcohol motifs (C(OH)–C–C–N with tert-alkyl or cyclic N) is 1. The Balaban J connectivity index is 1.88. The lowest BCUT2D eigenvalue weighted by molar-refractivity contribution is -0.151. The van der Waals surface area contributed by atoms with Crippen molar-refractivity contribution >= 4 is 33.4 Å². The molecule has 0 aliphatic carbocycles. The molecule has 2 aromatic rings. The van der Waals surface area contributed by atoms with E-state index in [1.807, 2.05) is 19.9 Å². The summed E-state index contributed by atoms with van der Waals surface area (Å²) in [5.41, 5.74) is -0.159. The van der Waals surface area contributed by atoms with E-state index < -0.39 is 34.2 Å². The second-order valence-corrected chi connectivity index (χ2v) is 9.77. The minimum absolute atomic E-state index is 0.212. The van der Waals surface area contributed by atoms with Crippen LogP contribution in [0.25, 0.3) is 10.8 Å². The van der Waals surface area contributed by atoms with Gasteiger partial charge >= 0.3 is 5.97 Å². The smallest absolute Gasteiger partial charge is 0.311 e. The number of rotatable bonds is 6. The quantitative estimate of drug-likeness (QED) is 0.431. The maximum atomic E-state index is 15.3. The monoisotopic (exact) mass is 442 g/mol. The molecule has 5 N–H and O–H groups in total. The maximum Gasteiger partial charge on any atom is 0.311 e. The van der Waals surface area contributed by atoms with E-state index in [1.54, 1.807) is 12.1 Å². The summed E-state index contributed by atoms with van der Waals surface area (Å²) < 4.78 is 43.3. The Bertz CT molecular complexity index is 968. The number of nitrogens with one attached hydrogen (secondary N) is 1. The van der Waals surface area contributed by atoms with Crippen molar-refractivity contribution in [3.63, 3.8) is 0 Å². The van der Waals surface area contributed by atoms with E-state index in [-0.39, 0.29) is 23.6 Å². The molecule has 1 aliphatic heterocycles. The summed E-state index contributed by atoms with van der Waals surface area (Å²) in [5.74, 6) is -1.55. The van der Waals surface area contributed by atoms with Crippen LogP contribution in [-0.2, 0) is 16.0 Å². The number of aryl methyl sites for hydroxylation is 1. The number of carbonyl (C=O) groups excluding carboxylic acids is 1.